The first-order chi connectivity index (χ1) is 18.2. The number of rotatable bonds is 6. The van der Waals surface area contributed by atoms with Crippen molar-refractivity contribution < 1.29 is 22.7 Å². The summed E-state index contributed by atoms with van der Waals surface area (Å²) in [5, 5.41) is 10.0. The molecule has 5 rings (SSSR count). The van der Waals surface area contributed by atoms with Gasteiger partial charge in [0, 0.05) is 61.5 Å². The van der Waals surface area contributed by atoms with Crippen LogP contribution in [0.25, 0.3) is 16.8 Å². The Morgan fingerprint density at radius 2 is 1.74 bits per heavy atom. The van der Waals surface area contributed by atoms with E-state index in [1.54, 1.807) is 6.20 Å². The summed E-state index contributed by atoms with van der Waals surface area (Å²) in [7, 11) is -3.85. The number of hydrogen-bond acceptors (Lipinski definition) is 6. The molecule has 0 radical (unpaired) electrons. The number of benzene rings is 2. The van der Waals surface area contributed by atoms with E-state index < -0.39 is 22.2 Å². The van der Waals surface area contributed by atoms with Crippen LogP contribution in [0, 0.1) is 18.8 Å². The highest BCUT2D eigenvalue weighted by Crippen LogP contribution is 2.22. The molecular weight excluding hydrogens is 506 g/mol. The summed E-state index contributed by atoms with van der Waals surface area (Å²) < 4.78 is 35.9. The minimum absolute atomic E-state index is 0.267. The lowest BCUT2D eigenvalue weighted by Crippen LogP contribution is -2.54. The highest BCUT2D eigenvalue weighted by Gasteiger charge is 2.29. The van der Waals surface area contributed by atoms with Gasteiger partial charge in [0.2, 0.25) is 5.88 Å². The maximum atomic E-state index is 12.4. The molecule has 10 nitrogen and oxygen atoms in total. The third kappa shape index (κ3) is 5.43. The van der Waals surface area contributed by atoms with Gasteiger partial charge in [0.05, 0.1) is 11.7 Å². The lowest BCUT2D eigenvalue weighted by molar-refractivity contribution is -0.138. The summed E-state index contributed by atoms with van der Waals surface area (Å²) in [4.78, 5) is 17.2. The lowest BCUT2D eigenvalue weighted by Gasteiger charge is -2.35. The Morgan fingerprint density at radius 3 is 2.39 bits per heavy atom. The number of oxazole rings is 1. The summed E-state index contributed by atoms with van der Waals surface area (Å²) in [5.41, 5.74) is 3.76. The number of nitrogens with one attached hydrogen (secondary N) is 1. The van der Waals surface area contributed by atoms with Crippen LogP contribution in [0.4, 0.5) is 5.69 Å². The average Bonchev–Trinajstić information content (AvgIpc) is 3.53. The van der Waals surface area contributed by atoms with Crippen molar-refractivity contribution in [2.45, 2.75) is 19.9 Å². The molecule has 2 aromatic carbocycles. The number of nitrogens with zero attached hydrogens (tertiary/aromatic N) is 4. The smallest absolute Gasteiger partial charge is 0.321 e. The number of hydrogen-bond donors (Lipinski definition) is 2. The molecule has 38 heavy (non-hydrogen) atoms. The van der Waals surface area contributed by atoms with Crippen molar-refractivity contribution in [2.75, 3.05) is 31.1 Å². The van der Waals surface area contributed by atoms with E-state index in [0.717, 1.165) is 27.7 Å². The van der Waals surface area contributed by atoms with Crippen molar-refractivity contribution in [3.8, 4) is 17.7 Å². The number of carbonyl (C=O) groups is 1. The van der Waals surface area contributed by atoms with E-state index in [1.807, 2.05) is 66.2 Å². The minimum atomic E-state index is -3.85. The van der Waals surface area contributed by atoms with Crippen LogP contribution >= 0.6 is 0 Å². The van der Waals surface area contributed by atoms with E-state index in [0.29, 0.717) is 24.9 Å². The monoisotopic (exact) mass is 533 g/mol. The van der Waals surface area contributed by atoms with Crippen LogP contribution in [0.5, 0.6) is 0 Å². The summed E-state index contributed by atoms with van der Waals surface area (Å²) >= 11 is 0. The first-order valence-corrected chi connectivity index (χ1v) is 13.5. The van der Waals surface area contributed by atoms with E-state index in [-0.39, 0.29) is 13.1 Å². The molecule has 0 saturated carbocycles. The van der Waals surface area contributed by atoms with Crippen molar-refractivity contribution >= 4 is 32.8 Å². The molecule has 0 aliphatic carbocycles. The standard InChI is InChI=1S/C27H27N5O5S/c1-19(27(33)34)29-38(35,36)31-15-13-30(14-16-31)24-8-5-21(6-9-24)3-4-22-7-10-25-23(17-22)11-12-32(25)26-18-28-20(2)37-26/h5-12,17-19,29H,13-16H2,1-2H3,(H,33,34)/t19-/m1/s1. The number of piperazine rings is 1. The molecule has 1 atom stereocenters. The van der Waals surface area contributed by atoms with Gasteiger partial charge in [0.1, 0.15) is 6.04 Å². The molecule has 1 aliphatic heterocycles. The average molecular weight is 534 g/mol. The van der Waals surface area contributed by atoms with Crippen LogP contribution in [0.15, 0.2) is 65.3 Å². The van der Waals surface area contributed by atoms with Crippen LogP contribution in [0.1, 0.15) is 23.9 Å². The quantitative estimate of drug-likeness (QED) is 0.366. The van der Waals surface area contributed by atoms with Crippen molar-refractivity contribution in [3.63, 3.8) is 0 Å². The van der Waals surface area contributed by atoms with E-state index in [1.165, 1.54) is 11.2 Å². The number of aryl methyl sites for hydroxylation is 1. The van der Waals surface area contributed by atoms with Crippen molar-refractivity contribution in [2.24, 2.45) is 0 Å². The van der Waals surface area contributed by atoms with E-state index in [4.69, 9.17) is 9.52 Å². The van der Waals surface area contributed by atoms with E-state index >= 15 is 0 Å². The molecule has 11 heteroatoms. The van der Waals surface area contributed by atoms with Crippen molar-refractivity contribution in [1.82, 2.24) is 18.6 Å². The van der Waals surface area contributed by atoms with Crippen LogP contribution in [0.3, 0.4) is 0 Å². The van der Waals surface area contributed by atoms with Gasteiger partial charge in [-0.25, -0.2) is 4.98 Å². The van der Waals surface area contributed by atoms with Gasteiger partial charge in [-0.2, -0.15) is 17.4 Å². The van der Waals surface area contributed by atoms with Crippen molar-refractivity contribution in [3.05, 3.63) is 77.9 Å². The fourth-order valence-electron chi connectivity index (χ4n) is 4.31. The number of aliphatic carboxylic acids is 1. The fourth-order valence-corrected chi connectivity index (χ4v) is 5.65. The Morgan fingerprint density at radius 1 is 1.05 bits per heavy atom. The molecule has 1 aliphatic rings. The molecular formula is C27H27N5O5S. The normalized spacial score (nSPS) is 15.3. The number of carboxylic acids is 1. The molecule has 3 heterocycles. The summed E-state index contributed by atoms with van der Waals surface area (Å²) in [6, 6.07) is 14.7. The molecule has 0 spiro atoms. The van der Waals surface area contributed by atoms with Crippen LogP contribution in [0.2, 0.25) is 0 Å². The Bertz CT molecular complexity index is 1640. The summed E-state index contributed by atoms with van der Waals surface area (Å²) in [6.45, 7) is 4.65. The molecule has 2 aromatic heterocycles. The molecule has 0 bridgehead atoms. The van der Waals surface area contributed by atoms with Gasteiger partial charge >= 0.3 is 5.97 Å². The van der Waals surface area contributed by atoms with Crippen LogP contribution in [-0.4, -0.2) is 65.6 Å². The second kappa shape index (κ2) is 10.3. The second-order valence-corrected chi connectivity index (χ2v) is 10.7. The molecule has 0 unspecified atom stereocenters. The first kappa shape index (κ1) is 25.5. The maximum absolute atomic E-state index is 12.4. The second-order valence-electron chi connectivity index (χ2n) is 9.04. The highest BCUT2D eigenvalue weighted by atomic mass is 32.2. The maximum Gasteiger partial charge on any atom is 0.321 e. The SMILES string of the molecule is Cc1ncc(-n2ccc3cc(C#Cc4ccc(N5CCN(S(=O)(=O)N[C@H](C)C(=O)O)CC5)cc4)ccc32)o1. The van der Waals surface area contributed by atoms with Gasteiger partial charge in [0.25, 0.3) is 10.2 Å². The van der Waals surface area contributed by atoms with Crippen LogP contribution < -0.4 is 9.62 Å². The largest absolute Gasteiger partial charge is 0.480 e. The predicted molar refractivity (Wildman–Crippen MR) is 143 cm³/mol. The third-order valence-electron chi connectivity index (χ3n) is 6.40. The molecule has 1 fully saturated rings. The van der Waals surface area contributed by atoms with E-state index in [2.05, 4.69) is 26.4 Å². The Balaban J connectivity index is 1.22. The lowest BCUT2D eigenvalue weighted by atomic mass is 10.1. The van der Waals surface area contributed by atoms with Gasteiger partial charge in [0.15, 0.2) is 5.89 Å². The highest BCUT2D eigenvalue weighted by molar-refractivity contribution is 7.87. The molecule has 4 aromatic rings. The third-order valence-corrected chi connectivity index (χ3v) is 8.09. The number of aromatic nitrogens is 2. The van der Waals surface area contributed by atoms with Gasteiger partial charge in [-0.15, -0.1) is 0 Å². The predicted octanol–water partition coefficient (Wildman–Crippen LogP) is 2.76. The van der Waals surface area contributed by atoms with Gasteiger partial charge in [-0.05, 0) is 55.5 Å². The van der Waals surface area contributed by atoms with Gasteiger partial charge in [-0.3, -0.25) is 9.36 Å². The Kier molecular flexibility index (Phi) is 6.94. The summed E-state index contributed by atoms with van der Waals surface area (Å²) in [6.07, 6.45) is 3.65. The van der Waals surface area contributed by atoms with Crippen molar-refractivity contribution in [1.29, 1.82) is 0 Å². The molecule has 1 saturated heterocycles. The zero-order valence-electron chi connectivity index (χ0n) is 21.0. The Labute approximate surface area is 220 Å². The molecule has 2 N–H and O–H groups in total. The number of anilines is 1. The van der Waals surface area contributed by atoms with Gasteiger partial charge in [-0.1, -0.05) is 11.8 Å². The summed E-state index contributed by atoms with van der Waals surface area (Å²) in [5.74, 6) is 6.50. The number of fused-ring (bicyclic) bond motifs is 1. The topological polar surface area (TPSA) is 121 Å². The fraction of sp³-hybridized carbons (Fsp3) is 0.259. The van der Waals surface area contributed by atoms with E-state index in [9.17, 15) is 13.2 Å². The van der Waals surface area contributed by atoms with Crippen LogP contribution in [-0.2, 0) is 15.0 Å². The molecule has 196 valence electrons. The first-order valence-electron chi connectivity index (χ1n) is 12.1. The van der Waals surface area contributed by atoms with Gasteiger partial charge < -0.3 is 14.4 Å². The zero-order chi connectivity index (χ0) is 26.9. The zero-order valence-corrected chi connectivity index (χ0v) is 21.8. The number of carboxylic acid groups (broad SMARTS) is 1. The molecule has 0 amide bonds. The Hall–Kier alpha value is -4.11. The minimum Gasteiger partial charge on any atom is -0.480 e.